The van der Waals surface area contributed by atoms with Gasteiger partial charge in [0.1, 0.15) is 19.0 Å². The van der Waals surface area contributed by atoms with E-state index in [2.05, 4.69) is 21.3 Å². The van der Waals surface area contributed by atoms with Gasteiger partial charge in [0.25, 0.3) is 5.56 Å². The molecular weight excluding hydrogens is 1150 g/mol. The van der Waals surface area contributed by atoms with E-state index in [9.17, 15) is 48.3 Å². The smallest absolute Gasteiger partial charge is 0.458 e. The summed E-state index contributed by atoms with van der Waals surface area (Å²) < 4.78 is 18.1. The van der Waals surface area contributed by atoms with Crippen molar-refractivity contribution < 1.29 is 57.7 Å². The number of pyridine rings is 2. The third-order valence-electron chi connectivity index (χ3n) is 13.8. The van der Waals surface area contributed by atoms with Gasteiger partial charge in [-0.3, -0.25) is 4.79 Å². The van der Waals surface area contributed by atoms with Crippen LogP contribution in [0.5, 0.6) is 5.75 Å². The van der Waals surface area contributed by atoms with E-state index in [1.54, 1.807) is 73.9 Å². The molecular formula is C55H71N9O13Se2. The van der Waals surface area contributed by atoms with E-state index in [0.29, 0.717) is 65.9 Å². The van der Waals surface area contributed by atoms with Gasteiger partial charge in [-0.2, -0.15) is 0 Å². The summed E-state index contributed by atoms with van der Waals surface area (Å²) in [5.41, 5.74) is 7.75. The Bertz CT molecular complexity index is 3010. The van der Waals surface area contributed by atoms with Crippen molar-refractivity contribution >= 4 is 90.5 Å². The Morgan fingerprint density at radius 1 is 0.886 bits per heavy atom. The van der Waals surface area contributed by atoms with Crippen molar-refractivity contribution in [3.63, 3.8) is 0 Å². The maximum atomic E-state index is 13.7. The number of aliphatic hydroxyl groups is 1. The molecule has 7 N–H and O–H groups in total. The predicted molar refractivity (Wildman–Crippen MR) is 296 cm³/mol. The van der Waals surface area contributed by atoms with Gasteiger partial charge in [-0.15, -0.1) is 0 Å². The molecule has 79 heavy (non-hydrogen) atoms. The number of anilines is 1. The van der Waals surface area contributed by atoms with Crippen LogP contribution in [-0.2, 0) is 65.2 Å². The van der Waals surface area contributed by atoms with E-state index in [0.717, 1.165) is 21.8 Å². The number of urea groups is 1. The number of amides is 7. The summed E-state index contributed by atoms with van der Waals surface area (Å²) in [7, 11) is 3.06. The van der Waals surface area contributed by atoms with Gasteiger partial charge in [0.05, 0.1) is 29.0 Å². The number of hydrogen-bond donors (Lipinski definition) is 6. The number of esters is 1. The van der Waals surface area contributed by atoms with Crippen LogP contribution in [0, 0.1) is 11.8 Å². The van der Waals surface area contributed by atoms with E-state index >= 15 is 0 Å². The summed E-state index contributed by atoms with van der Waals surface area (Å²) in [5, 5.41) is 24.4. The first-order valence-electron chi connectivity index (χ1n) is 26.3. The first kappa shape index (κ1) is 61.4. The second kappa shape index (κ2) is 27.8. The molecule has 0 saturated carbocycles. The van der Waals surface area contributed by atoms with E-state index in [1.165, 1.54) is 23.9 Å². The van der Waals surface area contributed by atoms with E-state index in [-0.39, 0.29) is 118 Å². The minimum Gasteiger partial charge on any atom is -0.458 e. The zero-order valence-electron chi connectivity index (χ0n) is 45.9. The van der Waals surface area contributed by atoms with Crippen molar-refractivity contribution in [3.05, 3.63) is 86.7 Å². The van der Waals surface area contributed by atoms with Crippen molar-refractivity contribution in [2.24, 2.45) is 17.6 Å². The van der Waals surface area contributed by atoms with E-state index in [1.807, 2.05) is 20.8 Å². The molecule has 3 atom stereocenters. The number of fused-ring (bicyclic) bond motifs is 5. The van der Waals surface area contributed by atoms with Crippen LogP contribution in [0.25, 0.3) is 22.3 Å². The van der Waals surface area contributed by atoms with E-state index in [4.69, 9.17) is 24.9 Å². The van der Waals surface area contributed by atoms with Crippen LogP contribution < -0.4 is 37.3 Å². The fourth-order valence-corrected chi connectivity index (χ4v) is 15.0. The molecule has 0 aliphatic carbocycles. The van der Waals surface area contributed by atoms with Crippen LogP contribution in [0.4, 0.5) is 20.1 Å². The number of aryl methyl sites for hydroxylation is 1. The molecule has 2 aliphatic rings. The van der Waals surface area contributed by atoms with E-state index < -0.39 is 53.7 Å². The summed E-state index contributed by atoms with van der Waals surface area (Å²) in [5.74, 6) is -1.90. The number of ketones is 1. The Hall–Kier alpha value is -6.84. The normalized spacial score (nSPS) is 15.0. The van der Waals surface area contributed by atoms with Crippen molar-refractivity contribution in [3.8, 4) is 17.1 Å². The van der Waals surface area contributed by atoms with Gasteiger partial charge in [-0.1, -0.05) is 26.0 Å². The number of carbonyl (C=O) groups is 8. The van der Waals surface area contributed by atoms with Gasteiger partial charge >= 0.3 is 227 Å². The zero-order chi connectivity index (χ0) is 57.7. The van der Waals surface area contributed by atoms with Crippen molar-refractivity contribution in [1.82, 2.24) is 35.3 Å². The number of nitrogens with two attached hydrogens (primary N) is 1. The number of primary amides is 1. The molecule has 4 aromatic rings. The van der Waals surface area contributed by atoms with Crippen molar-refractivity contribution in [2.75, 3.05) is 39.0 Å². The number of rotatable bonds is 26. The summed E-state index contributed by atoms with van der Waals surface area (Å²) >= 11 is 0.538. The molecule has 22 nitrogen and oxygen atoms in total. The maximum absolute atomic E-state index is 13.7. The molecule has 7 amide bonds. The molecule has 0 bridgehead atoms. The number of nitrogens with one attached hydrogen (secondary N) is 4. The number of cyclic esters (lactones) is 1. The number of ether oxygens (including phenoxy) is 3. The number of aromatic nitrogens is 2. The molecule has 0 fully saturated rings. The molecule has 0 spiro atoms. The zero-order valence-corrected chi connectivity index (χ0v) is 49.3. The summed E-state index contributed by atoms with van der Waals surface area (Å²) in [6.07, 6.45) is 0.534. The van der Waals surface area contributed by atoms with Crippen molar-refractivity contribution in [1.29, 1.82) is 0 Å². The Morgan fingerprint density at radius 2 is 1.57 bits per heavy atom. The van der Waals surface area contributed by atoms with Gasteiger partial charge in [0.15, 0.2) is 5.60 Å². The molecule has 6 rings (SSSR count). The van der Waals surface area contributed by atoms with Crippen LogP contribution in [0.1, 0.15) is 101 Å². The van der Waals surface area contributed by atoms with Crippen molar-refractivity contribution in [2.45, 2.75) is 128 Å². The molecule has 2 aromatic heterocycles. The number of benzene rings is 2. The second-order valence-electron chi connectivity index (χ2n) is 20.1. The van der Waals surface area contributed by atoms with Gasteiger partial charge < -0.3 is 39.4 Å². The standard InChI is InChI=1S/C55H71N9O13Se2/c1-9-36-37-26-35(17-18-41(37)59-47-38(36)28-64-43(47)27-40-39(50(64)69)30-75-51(70)55(40,74)10-2)77-54(73)63(8)23-22-62(7)53(72)76-29-33-13-15-34(16-14-33)58-48(67)42(12-11-21-57-52(56)71)60-49(68)46(32(5)6)61-45(66)20-25-79-78-24-19-44(65)31(3)4/h13-18,26-27,31-32,42,46,74H,9-12,19-25,28-30H2,1-8H3,(H,58,67)(H,60,68)(H,61,66)(H3,56,57,71)/t42-,46-,55-/m0/s1. The average Bonchev–Trinajstić information content (AvgIpc) is 4.03. The van der Waals surface area contributed by atoms with Crippen LogP contribution in [0.15, 0.2) is 53.3 Å². The minimum atomic E-state index is -1.95. The topological polar surface area (TPSA) is 300 Å². The summed E-state index contributed by atoms with van der Waals surface area (Å²) in [6, 6.07) is 10.6. The number of carbonyl (C=O) groups excluding carboxylic acids is 8. The molecule has 0 saturated heterocycles. The van der Waals surface area contributed by atoms with Crippen LogP contribution >= 0.6 is 0 Å². The number of likely N-dealkylation sites (N-methyl/N-ethyl adjacent to an activating group) is 2. The molecule has 4 heterocycles. The predicted octanol–water partition coefficient (Wildman–Crippen LogP) is 4.52. The van der Waals surface area contributed by atoms with Gasteiger partial charge in [-0.25, -0.2) is 24.2 Å². The van der Waals surface area contributed by atoms with Crippen LogP contribution in [0.3, 0.4) is 0 Å². The van der Waals surface area contributed by atoms with Gasteiger partial charge in [-0.05, 0) is 48.2 Å². The third kappa shape index (κ3) is 15.5. The Kier molecular flexibility index (Phi) is 21.6. The van der Waals surface area contributed by atoms with Crippen LogP contribution in [-0.4, -0.2) is 144 Å². The number of Topliss-reactive ketones (excluding diaryl/α,β-unsaturated/α-hetero) is 1. The first-order valence-corrected chi connectivity index (χ1v) is 33.1. The summed E-state index contributed by atoms with van der Waals surface area (Å²) in [6.45, 7) is 11.2. The van der Waals surface area contributed by atoms with Gasteiger partial charge in [0, 0.05) is 43.7 Å². The molecule has 0 unspecified atom stereocenters. The monoisotopic (exact) mass is 1230 g/mol. The average molecular weight is 1220 g/mol. The Labute approximate surface area is 469 Å². The molecule has 0 radical (unpaired) electrons. The first-order chi connectivity index (χ1) is 37.6. The quantitative estimate of drug-likeness (QED) is 0.0252. The van der Waals surface area contributed by atoms with Gasteiger partial charge in [0.2, 0.25) is 0 Å². The molecule has 2 aliphatic heterocycles. The minimum absolute atomic E-state index is 0.0193. The number of hydrogen-bond acceptors (Lipinski definition) is 14. The SMILES string of the molecule is CCc1c2c(nc3ccc(OC(=O)N(C)CCN(C)C(=O)OCc4ccc(NC(=O)[C@H](CCCNC(N)=O)NC(=O)[C@@H](NC(=O)CC[Se][Se]CCC(=O)C(C)C)C(C)C)cc4)cc13)-c1cc3c(c(=O)n1C2)COC(=O)[C@]3(O)CC. The Morgan fingerprint density at radius 3 is 2.22 bits per heavy atom. The molecule has 2 aromatic carbocycles. The fourth-order valence-electron chi connectivity index (χ4n) is 8.95. The molecule has 426 valence electrons. The summed E-state index contributed by atoms with van der Waals surface area (Å²) in [4.78, 5) is 124. The third-order valence-corrected chi connectivity index (χ3v) is 21.1. The Balaban J connectivity index is 0.979. The fraction of sp³-hybridized carbons (Fsp3) is 0.491. The number of nitrogens with zero attached hydrogens (tertiary/aromatic N) is 4. The van der Waals surface area contributed by atoms with Crippen LogP contribution in [0.2, 0.25) is 10.6 Å². The molecule has 24 heteroatoms. The second-order valence-corrected chi connectivity index (χ2v) is 27.9.